The largest absolute Gasteiger partial charge is 0.465 e. The highest BCUT2D eigenvalue weighted by molar-refractivity contribution is 5.96. The Balaban J connectivity index is 2.35. The first-order chi connectivity index (χ1) is 9.95. The molecule has 2 rings (SSSR count). The molecule has 1 fully saturated rings. The number of anilines is 2. The quantitative estimate of drug-likeness (QED) is 0.658. The van der Waals surface area contributed by atoms with Crippen LogP contribution in [0.3, 0.4) is 0 Å². The highest BCUT2D eigenvalue weighted by atomic mass is 19.1. The third kappa shape index (κ3) is 3.10. The van der Waals surface area contributed by atoms with E-state index in [-0.39, 0.29) is 23.0 Å². The number of aliphatic hydroxyl groups is 1. The Morgan fingerprint density at radius 3 is 2.71 bits per heavy atom. The molecule has 0 aliphatic heterocycles. The van der Waals surface area contributed by atoms with Gasteiger partial charge in [0, 0.05) is 12.7 Å². The highest BCUT2D eigenvalue weighted by Gasteiger charge is 2.29. The second-order valence-electron chi connectivity index (χ2n) is 5.41. The maximum Gasteiger partial charge on any atom is 0.340 e. The van der Waals surface area contributed by atoms with E-state index in [1.54, 1.807) is 11.9 Å². The smallest absolute Gasteiger partial charge is 0.340 e. The summed E-state index contributed by atoms with van der Waals surface area (Å²) in [5.41, 5.74) is 6.08. The summed E-state index contributed by atoms with van der Waals surface area (Å²) in [6, 6.07) is 2.34. The van der Waals surface area contributed by atoms with Crippen LogP contribution in [0.5, 0.6) is 0 Å². The number of hydrogen-bond acceptors (Lipinski definition) is 5. The Kier molecular flexibility index (Phi) is 4.67. The molecular formula is C15H21FN2O3. The van der Waals surface area contributed by atoms with Crippen molar-refractivity contribution >= 4 is 17.3 Å². The third-order valence-corrected chi connectivity index (χ3v) is 4.10. The van der Waals surface area contributed by atoms with Crippen LogP contribution >= 0.6 is 0 Å². The first-order valence-electron chi connectivity index (χ1n) is 7.04. The Morgan fingerprint density at radius 2 is 2.10 bits per heavy atom. The van der Waals surface area contributed by atoms with Crippen LogP contribution in [0.15, 0.2) is 12.1 Å². The molecule has 1 aliphatic carbocycles. The maximum atomic E-state index is 14.2. The van der Waals surface area contributed by atoms with Gasteiger partial charge in [-0.05, 0) is 25.0 Å². The summed E-state index contributed by atoms with van der Waals surface area (Å²) in [5, 5.41) is 10.1. The third-order valence-electron chi connectivity index (χ3n) is 4.10. The van der Waals surface area contributed by atoms with Crippen molar-refractivity contribution in [3.05, 3.63) is 23.5 Å². The Morgan fingerprint density at radius 1 is 1.43 bits per heavy atom. The minimum Gasteiger partial charge on any atom is -0.465 e. The summed E-state index contributed by atoms with van der Waals surface area (Å²) >= 11 is 0. The molecule has 3 N–H and O–H groups in total. The summed E-state index contributed by atoms with van der Waals surface area (Å²) < 4.78 is 18.8. The number of esters is 1. The van der Waals surface area contributed by atoms with E-state index in [4.69, 9.17) is 5.73 Å². The predicted molar refractivity (Wildman–Crippen MR) is 78.8 cm³/mol. The van der Waals surface area contributed by atoms with Gasteiger partial charge in [0.25, 0.3) is 0 Å². The second kappa shape index (κ2) is 6.30. The van der Waals surface area contributed by atoms with Crippen LogP contribution in [-0.2, 0) is 4.74 Å². The van der Waals surface area contributed by atoms with Gasteiger partial charge in [0.05, 0.1) is 30.5 Å². The van der Waals surface area contributed by atoms with Gasteiger partial charge in [-0.1, -0.05) is 12.8 Å². The standard InChI is InChI=1S/C15H21FN2O3/c1-18(12-5-3-4-6-14(12)19)13-7-9(15(20)21-2)11(17)8-10(13)16/h7-8,12,14,19H,3-6,17H2,1-2H3. The summed E-state index contributed by atoms with van der Waals surface area (Å²) in [7, 11) is 2.97. The van der Waals surface area contributed by atoms with Gasteiger partial charge in [-0.15, -0.1) is 0 Å². The van der Waals surface area contributed by atoms with Crippen molar-refractivity contribution in [2.24, 2.45) is 0 Å². The van der Waals surface area contributed by atoms with Gasteiger partial charge in [0.15, 0.2) is 0 Å². The molecule has 0 radical (unpaired) electrons. The number of rotatable bonds is 3. The number of nitrogens with zero attached hydrogens (tertiary/aromatic N) is 1. The molecule has 116 valence electrons. The number of nitrogen functional groups attached to an aromatic ring is 1. The molecule has 0 aromatic heterocycles. The number of benzene rings is 1. The van der Waals surface area contributed by atoms with Crippen LogP contribution in [-0.4, -0.2) is 37.4 Å². The van der Waals surface area contributed by atoms with E-state index in [1.165, 1.54) is 13.2 Å². The average molecular weight is 296 g/mol. The van der Waals surface area contributed by atoms with Crippen molar-refractivity contribution in [3.63, 3.8) is 0 Å². The molecule has 1 aromatic rings. The number of hydrogen-bond donors (Lipinski definition) is 2. The molecule has 5 nitrogen and oxygen atoms in total. The Hall–Kier alpha value is -1.82. The number of ether oxygens (including phenoxy) is 1. The molecule has 0 amide bonds. The monoisotopic (exact) mass is 296 g/mol. The van der Waals surface area contributed by atoms with Crippen molar-refractivity contribution in [2.45, 2.75) is 37.8 Å². The normalized spacial score (nSPS) is 21.9. The van der Waals surface area contributed by atoms with Gasteiger partial charge in [-0.2, -0.15) is 0 Å². The van der Waals surface area contributed by atoms with Crippen molar-refractivity contribution in [1.82, 2.24) is 0 Å². The number of nitrogens with two attached hydrogens (primary N) is 1. The van der Waals surface area contributed by atoms with Crippen LogP contribution in [0.4, 0.5) is 15.8 Å². The minimum absolute atomic E-state index is 0.0423. The molecule has 1 aromatic carbocycles. The summed E-state index contributed by atoms with van der Waals surface area (Å²) in [6.07, 6.45) is 2.96. The summed E-state index contributed by atoms with van der Waals surface area (Å²) in [4.78, 5) is 13.4. The lowest BCUT2D eigenvalue weighted by molar-refractivity contribution is 0.0602. The van der Waals surface area contributed by atoms with Crippen LogP contribution in [0, 0.1) is 5.82 Å². The van der Waals surface area contributed by atoms with E-state index in [9.17, 15) is 14.3 Å². The van der Waals surface area contributed by atoms with E-state index < -0.39 is 17.9 Å². The van der Waals surface area contributed by atoms with Gasteiger partial charge in [-0.25, -0.2) is 9.18 Å². The lowest BCUT2D eigenvalue weighted by atomic mass is 9.91. The number of aliphatic hydroxyl groups excluding tert-OH is 1. The second-order valence-corrected chi connectivity index (χ2v) is 5.41. The molecule has 2 unspecified atom stereocenters. The molecule has 2 atom stereocenters. The van der Waals surface area contributed by atoms with Crippen molar-refractivity contribution in [3.8, 4) is 0 Å². The number of carbonyl (C=O) groups is 1. The first-order valence-corrected chi connectivity index (χ1v) is 7.04. The van der Waals surface area contributed by atoms with Crippen LogP contribution in [0.25, 0.3) is 0 Å². The zero-order valence-electron chi connectivity index (χ0n) is 12.3. The number of likely N-dealkylation sites (N-methyl/N-ethyl adjacent to an activating group) is 1. The Bertz CT molecular complexity index is 536. The molecule has 1 saturated carbocycles. The van der Waals surface area contributed by atoms with Crippen molar-refractivity contribution in [2.75, 3.05) is 24.8 Å². The van der Waals surface area contributed by atoms with E-state index >= 15 is 0 Å². The fourth-order valence-corrected chi connectivity index (χ4v) is 2.86. The van der Waals surface area contributed by atoms with Crippen molar-refractivity contribution < 1.29 is 19.0 Å². The fraction of sp³-hybridized carbons (Fsp3) is 0.533. The van der Waals surface area contributed by atoms with Crippen LogP contribution < -0.4 is 10.6 Å². The van der Waals surface area contributed by atoms with Gasteiger partial charge in [0.2, 0.25) is 0 Å². The van der Waals surface area contributed by atoms with E-state index in [0.717, 1.165) is 25.3 Å². The predicted octanol–water partition coefficient (Wildman–Crippen LogP) is 1.93. The highest BCUT2D eigenvalue weighted by Crippen LogP contribution is 2.31. The molecule has 0 bridgehead atoms. The topological polar surface area (TPSA) is 75.8 Å². The van der Waals surface area contributed by atoms with Gasteiger partial charge in [-0.3, -0.25) is 0 Å². The lowest BCUT2D eigenvalue weighted by Crippen LogP contribution is -2.43. The van der Waals surface area contributed by atoms with Crippen LogP contribution in [0.2, 0.25) is 0 Å². The molecule has 0 spiro atoms. The average Bonchev–Trinajstić information content (AvgIpc) is 2.46. The van der Waals surface area contributed by atoms with Crippen LogP contribution in [0.1, 0.15) is 36.0 Å². The minimum atomic E-state index is -0.605. The molecule has 6 heteroatoms. The zero-order chi connectivity index (χ0) is 15.6. The number of methoxy groups -OCH3 is 1. The van der Waals surface area contributed by atoms with E-state index in [1.807, 2.05) is 0 Å². The lowest BCUT2D eigenvalue weighted by Gasteiger charge is -2.37. The van der Waals surface area contributed by atoms with E-state index in [2.05, 4.69) is 4.74 Å². The number of halogens is 1. The van der Waals surface area contributed by atoms with Gasteiger partial charge in [0.1, 0.15) is 5.82 Å². The number of carbonyl (C=O) groups excluding carboxylic acids is 1. The summed E-state index contributed by atoms with van der Waals surface area (Å²) in [5.74, 6) is -1.12. The zero-order valence-corrected chi connectivity index (χ0v) is 12.3. The maximum absolute atomic E-state index is 14.2. The summed E-state index contributed by atoms with van der Waals surface area (Å²) in [6.45, 7) is 0. The van der Waals surface area contributed by atoms with Gasteiger partial charge >= 0.3 is 5.97 Å². The molecule has 21 heavy (non-hydrogen) atoms. The molecule has 0 saturated heterocycles. The van der Waals surface area contributed by atoms with Crippen molar-refractivity contribution in [1.29, 1.82) is 0 Å². The molecule has 1 aliphatic rings. The first kappa shape index (κ1) is 15.6. The molecule has 0 heterocycles. The fourth-order valence-electron chi connectivity index (χ4n) is 2.86. The molecular weight excluding hydrogens is 275 g/mol. The van der Waals surface area contributed by atoms with E-state index in [0.29, 0.717) is 6.42 Å². The Labute approximate surface area is 123 Å². The van der Waals surface area contributed by atoms with Gasteiger partial charge < -0.3 is 20.5 Å². The SMILES string of the molecule is COC(=O)c1cc(N(C)C2CCCCC2O)c(F)cc1N.